The van der Waals surface area contributed by atoms with Gasteiger partial charge >= 0.3 is 5.97 Å². The molecule has 0 aliphatic rings. The molecule has 29 heavy (non-hydrogen) atoms. The minimum atomic E-state index is -0.657. The van der Waals surface area contributed by atoms with Gasteiger partial charge in [-0.25, -0.2) is 4.79 Å². The average molecular weight is 408 g/mol. The molecule has 1 aromatic carbocycles. The highest BCUT2D eigenvalue weighted by molar-refractivity contribution is 5.91. The maximum Gasteiger partial charge on any atom is 0.338 e. The molecule has 12 heteroatoms. The Morgan fingerprint density at radius 1 is 0.931 bits per heavy atom. The number of carbonyl (C=O) groups excluding carboxylic acids is 1. The minimum absolute atomic E-state index is 0.0981. The molecular weight excluding hydrogens is 384 g/mol. The predicted molar refractivity (Wildman–Crippen MR) is 103 cm³/mol. The number of esters is 1. The Labute approximate surface area is 167 Å². The van der Waals surface area contributed by atoms with Crippen molar-refractivity contribution in [2.45, 2.75) is 13.0 Å². The number of nitrogens with zero attached hydrogens (tertiary/aromatic N) is 6. The van der Waals surface area contributed by atoms with Crippen LogP contribution in [0.5, 0.6) is 0 Å². The highest BCUT2D eigenvalue weighted by Gasteiger charge is 2.14. The van der Waals surface area contributed by atoms with Crippen molar-refractivity contribution in [3.05, 3.63) is 44.6 Å². The molecule has 0 heterocycles. The van der Waals surface area contributed by atoms with E-state index in [0.29, 0.717) is 39.6 Å². The van der Waals surface area contributed by atoms with Gasteiger partial charge in [-0.05, 0) is 36.2 Å². The van der Waals surface area contributed by atoms with Gasteiger partial charge in [-0.3, -0.25) is 0 Å². The third-order valence-corrected chi connectivity index (χ3v) is 3.30. The Kier molecular flexibility index (Phi) is 12.6. The molecule has 12 nitrogen and oxygen atoms in total. The Morgan fingerprint density at radius 2 is 1.45 bits per heavy atom. The zero-order chi connectivity index (χ0) is 21.3. The van der Waals surface area contributed by atoms with E-state index in [0.717, 1.165) is 0 Å². The Hall–Kier alpha value is -2.85. The normalized spacial score (nSPS) is 11.2. The lowest BCUT2D eigenvalue weighted by Crippen LogP contribution is -2.21. The summed E-state index contributed by atoms with van der Waals surface area (Å²) >= 11 is 0. The Bertz CT molecular complexity index is 697. The number of rotatable bonds is 15. The van der Waals surface area contributed by atoms with Gasteiger partial charge in [0.2, 0.25) is 0 Å². The molecule has 0 bridgehead atoms. The number of carbonyl (C=O) groups is 1. The number of azide groups is 2. The van der Waals surface area contributed by atoms with E-state index in [9.17, 15) is 4.79 Å². The molecule has 0 aliphatic carbocycles. The molecular formula is C17H24N6O6. The predicted octanol–water partition coefficient (Wildman–Crippen LogP) is 3.81. The van der Waals surface area contributed by atoms with Crippen LogP contribution in [-0.4, -0.2) is 65.4 Å². The van der Waals surface area contributed by atoms with Crippen molar-refractivity contribution < 1.29 is 28.5 Å². The second kappa shape index (κ2) is 15.1. The maximum atomic E-state index is 12.3. The Morgan fingerprint density at radius 3 is 1.97 bits per heavy atom. The summed E-state index contributed by atoms with van der Waals surface area (Å²) in [6.07, 6.45) is -0.522. The van der Waals surface area contributed by atoms with E-state index in [-0.39, 0.29) is 23.5 Å². The summed E-state index contributed by atoms with van der Waals surface area (Å²) in [5.41, 5.74) is 17.4. The van der Waals surface area contributed by atoms with Crippen molar-refractivity contribution >= 4 is 17.3 Å². The molecule has 0 radical (unpaired) electrons. The summed E-state index contributed by atoms with van der Waals surface area (Å²) in [4.78, 5) is 17.6. The highest BCUT2D eigenvalue weighted by Crippen LogP contribution is 2.25. The van der Waals surface area contributed by atoms with Gasteiger partial charge in [0.1, 0.15) is 6.10 Å². The first kappa shape index (κ1) is 24.2. The van der Waals surface area contributed by atoms with E-state index in [2.05, 4.69) is 20.1 Å². The van der Waals surface area contributed by atoms with Gasteiger partial charge in [-0.2, -0.15) is 0 Å². The van der Waals surface area contributed by atoms with E-state index in [1.54, 1.807) is 14.0 Å². The van der Waals surface area contributed by atoms with Crippen LogP contribution in [0.2, 0.25) is 0 Å². The van der Waals surface area contributed by atoms with Gasteiger partial charge in [-0.1, -0.05) is 10.2 Å². The molecule has 0 fully saturated rings. The largest absolute Gasteiger partial charge is 0.457 e. The van der Waals surface area contributed by atoms with Crippen LogP contribution in [0.25, 0.3) is 20.9 Å². The van der Waals surface area contributed by atoms with E-state index < -0.39 is 12.1 Å². The van der Waals surface area contributed by atoms with Crippen LogP contribution in [0.1, 0.15) is 17.3 Å². The number of methoxy groups -OCH3 is 1. The molecule has 158 valence electrons. The topological polar surface area (TPSA) is 161 Å². The van der Waals surface area contributed by atoms with Crippen LogP contribution in [0, 0.1) is 0 Å². The van der Waals surface area contributed by atoms with Crippen molar-refractivity contribution in [1.29, 1.82) is 0 Å². The molecule has 0 unspecified atom stereocenters. The molecule has 0 N–H and O–H groups in total. The van der Waals surface area contributed by atoms with Crippen LogP contribution >= 0.6 is 0 Å². The van der Waals surface area contributed by atoms with Gasteiger partial charge in [-0.15, -0.1) is 0 Å². The number of benzene rings is 1. The lowest BCUT2D eigenvalue weighted by Gasteiger charge is -2.14. The summed E-state index contributed by atoms with van der Waals surface area (Å²) in [6.45, 7) is 4.58. The van der Waals surface area contributed by atoms with Crippen LogP contribution in [-0.2, 0) is 23.7 Å². The SMILES string of the molecule is COCCOCCOCCOC[C@H](C)OC(=O)c1cc(N=[N+]=[N-])cc(N=[N+]=[N-])c1. The summed E-state index contributed by atoms with van der Waals surface area (Å²) in [7, 11) is 1.61. The van der Waals surface area contributed by atoms with E-state index in [1.807, 2.05) is 0 Å². The lowest BCUT2D eigenvalue weighted by atomic mass is 10.2. The fourth-order valence-electron chi connectivity index (χ4n) is 2.05. The van der Waals surface area contributed by atoms with Gasteiger partial charge in [0.25, 0.3) is 0 Å². The number of ether oxygens (including phenoxy) is 5. The third kappa shape index (κ3) is 10.9. The summed E-state index contributed by atoms with van der Waals surface area (Å²) < 4.78 is 26.1. The number of hydrogen-bond acceptors (Lipinski definition) is 8. The third-order valence-electron chi connectivity index (χ3n) is 3.30. The molecule has 0 amide bonds. The van der Waals surface area contributed by atoms with Crippen molar-refractivity contribution in [3.8, 4) is 0 Å². The molecule has 0 saturated carbocycles. The molecule has 1 atom stereocenters. The number of hydrogen-bond donors (Lipinski definition) is 0. The maximum absolute atomic E-state index is 12.3. The fraction of sp³-hybridized carbons (Fsp3) is 0.588. The van der Waals surface area contributed by atoms with Crippen LogP contribution in [0.3, 0.4) is 0 Å². The van der Waals surface area contributed by atoms with E-state index in [4.69, 9.17) is 34.7 Å². The van der Waals surface area contributed by atoms with Crippen molar-refractivity contribution in [2.75, 3.05) is 53.4 Å². The van der Waals surface area contributed by atoms with Crippen molar-refractivity contribution in [1.82, 2.24) is 0 Å². The molecule has 0 aromatic heterocycles. The van der Waals surface area contributed by atoms with E-state index in [1.165, 1.54) is 18.2 Å². The van der Waals surface area contributed by atoms with Gasteiger partial charge in [0.15, 0.2) is 0 Å². The molecule has 0 spiro atoms. The first-order valence-corrected chi connectivity index (χ1v) is 8.79. The van der Waals surface area contributed by atoms with E-state index >= 15 is 0 Å². The first-order valence-electron chi connectivity index (χ1n) is 8.79. The summed E-state index contributed by atoms with van der Waals surface area (Å²) in [6, 6.07) is 4.04. The van der Waals surface area contributed by atoms with Gasteiger partial charge in [0, 0.05) is 28.3 Å². The zero-order valence-electron chi connectivity index (χ0n) is 16.4. The van der Waals surface area contributed by atoms with Crippen LogP contribution in [0.15, 0.2) is 28.4 Å². The lowest BCUT2D eigenvalue weighted by molar-refractivity contribution is -0.0217. The Balaban J connectivity index is 2.34. The molecule has 0 aliphatic heterocycles. The van der Waals surface area contributed by atoms with Gasteiger partial charge < -0.3 is 23.7 Å². The monoisotopic (exact) mass is 408 g/mol. The van der Waals surface area contributed by atoms with Crippen LogP contribution in [0.4, 0.5) is 11.4 Å². The quantitative estimate of drug-likeness (QED) is 0.141. The average Bonchev–Trinajstić information content (AvgIpc) is 2.69. The van der Waals surface area contributed by atoms with Crippen molar-refractivity contribution in [2.24, 2.45) is 10.2 Å². The zero-order valence-corrected chi connectivity index (χ0v) is 16.4. The summed E-state index contributed by atoms with van der Waals surface area (Å²) in [5.74, 6) is -0.657. The molecule has 1 rings (SSSR count). The second-order valence-corrected chi connectivity index (χ2v) is 5.63. The molecule has 1 aromatic rings. The second-order valence-electron chi connectivity index (χ2n) is 5.63. The van der Waals surface area contributed by atoms with Gasteiger partial charge in [0.05, 0.1) is 51.8 Å². The van der Waals surface area contributed by atoms with Crippen LogP contribution < -0.4 is 0 Å². The van der Waals surface area contributed by atoms with Crippen molar-refractivity contribution in [3.63, 3.8) is 0 Å². The standard InChI is InChI=1S/C17H24N6O6/c1-13(12-28-8-7-27-6-5-26-4-3-25-2)29-17(24)14-9-15(20-22-18)11-16(10-14)21-23-19/h9-11,13H,3-8,12H2,1-2H3/t13-/m0/s1. The molecule has 0 saturated heterocycles. The minimum Gasteiger partial charge on any atom is -0.457 e. The summed E-state index contributed by atoms with van der Waals surface area (Å²) in [5, 5.41) is 6.83. The highest BCUT2D eigenvalue weighted by atomic mass is 16.6. The fourth-order valence-corrected chi connectivity index (χ4v) is 2.05. The smallest absolute Gasteiger partial charge is 0.338 e. The first-order chi connectivity index (χ1) is 14.1.